The van der Waals surface area contributed by atoms with Crippen molar-refractivity contribution in [3.8, 4) is 0 Å². The van der Waals surface area contributed by atoms with Gasteiger partial charge in [0, 0.05) is 35.5 Å². The fraction of sp³-hybridized carbons (Fsp3) is 0.273. The Morgan fingerprint density at radius 1 is 1.47 bits per heavy atom. The van der Waals surface area contributed by atoms with Gasteiger partial charge in [0.25, 0.3) is 0 Å². The molecule has 6 heteroatoms. The molecule has 4 nitrogen and oxygen atoms in total. The molecule has 0 saturated heterocycles. The molecule has 2 aromatic heterocycles. The lowest BCUT2D eigenvalue weighted by atomic mass is 10.2. The van der Waals surface area contributed by atoms with Crippen LogP contribution < -0.4 is 5.32 Å². The molecule has 1 N–H and O–H groups in total. The largest absolute Gasteiger partial charge is 0.363 e. The monoisotopic (exact) mass is 298 g/mol. The molecule has 0 atom stereocenters. The minimum absolute atomic E-state index is 0.247. The second-order valence-corrected chi connectivity index (χ2v) is 4.63. The maximum Gasteiger partial charge on any atom is 0.166 e. The SMILES string of the molecule is Cc1c(CNc2ncc(Br)cc2F)cnn1C. The number of nitrogens with zero attached hydrogens (tertiary/aromatic N) is 3. The second kappa shape index (κ2) is 4.83. The molecule has 0 radical (unpaired) electrons. The number of nitrogens with one attached hydrogen (secondary N) is 1. The standard InChI is InChI=1S/C11H12BrFN4/c1-7-8(5-16-17(7)2)4-14-11-10(13)3-9(12)6-15-11/h3,5-6H,4H2,1-2H3,(H,14,15). The number of hydrogen-bond acceptors (Lipinski definition) is 3. The summed E-state index contributed by atoms with van der Waals surface area (Å²) >= 11 is 3.16. The summed E-state index contributed by atoms with van der Waals surface area (Å²) in [6, 6.07) is 1.38. The predicted molar refractivity (Wildman–Crippen MR) is 67.2 cm³/mol. The van der Waals surface area contributed by atoms with E-state index in [0.717, 1.165) is 11.3 Å². The van der Waals surface area contributed by atoms with Crippen LogP contribution in [0.25, 0.3) is 0 Å². The smallest absolute Gasteiger partial charge is 0.166 e. The molecule has 0 saturated carbocycles. The maximum absolute atomic E-state index is 13.5. The highest BCUT2D eigenvalue weighted by molar-refractivity contribution is 9.10. The van der Waals surface area contributed by atoms with Gasteiger partial charge in [-0.3, -0.25) is 4.68 Å². The Bertz CT molecular complexity index is 538. The van der Waals surface area contributed by atoms with Crippen LogP contribution in [0.2, 0.25) is 0 Å². The molecule has 90 valence electrons. The summed E-state index contributed by atoms with van der Waals surface area (Å²) in [5.41, 5.74) is 2.08. The first-order valence-corrected chi connectivity index (χ1v) is 5.89. The molecule has 0 fully saturated rings. The van der Waals surface area contributed by atoms with Gasteiger partial charge in [-0.15, -0.1) is 0 Å². The topological polar surface area (TPSA) is 42.7 Å². The molecule has 0 aliphatic carbocycles. The van der Waals surface area contributed by atoms with Crippen LogP contribution in [0.5, 0.6) is 0 Å². The molecule has 0 spiro atoms. The van der Waals surface area contributed by atoms with E-state index >= 15 is 0 Å². The van der Waals surface area contributed by atoms with Gasteiger partial charge in [-0.1, -0.05) is 0 Å². The third kappa shape index (κ3) is 2.63. The molecular formula is C11H12BrFN4. The molecule has 2 aromatic rings. The lowest BCUT2D eigenvalue weighted by Crippen LogP contribution is -2.04. The predicted octanol–water partition coefficient (Wildman–Crippen LogP) is 2.64. The summed E-state index contributed by atoms with van der Waals surface area (Å²) in [4.78, 5) is 3.97. The van der Waals surface area contributed by atoms with Gasteiger partial charge >= 0.3 is 0 Å². The van der Waals surface area contributed by atoms with E-state index < -0.39 is 0 Å². The molecule has 0 bridgehead atoms. The Kier molecular flexibility index (Phi) is 3.42. The Balaban J connectivity index is 2.10. The van der Waals surface area contributed by atoms with Crippen molar-refractivity contribution >= 4 is 21.7 Å². The van der Waals surface area contributed by atoms with Gasteiger partial charge < -0.3 is 5.32 Å². The maximum atomic E-state index is 13.5. The Morgan fingerprint density at radius 3 is 2.82 bits per heavy atom. The van der Waals surface area contributed by atoms with Gasteiger partial charge in [0.15, 0.2) is 11.6 Å². The Morgan fingerprint density at radius 2 is 2.24 bits per heavy atom. The van der Waals surface area contributed by atoms with Crippen LogP contribution >= 0.6 is 15.9 Å². The van der Waals surface area contributed by atoms with Crippen LogP contribution in [0.4, 0.5) is 10.2 Å². The van der Waals surface area contributed by atoms with Crippen LogP contribution in [0.1, 0.15) is 11.3 Å². The van der Waals surface area contributed by atoms with E-state index in [2.05, 4.69) is 31.3 Å². The van der Waals surface area contributed by atoms with Crippen molar-refractivity contribution in [1.82, 2.24) is 14.8 Å². The first kappa shape index (κ1) is 12.0. The number of aryl methyl sites for hydroxylation is 1. The number of halogens is 2. The molecular weight excluding hydrogens is 287 g/mol. The number of aromatic nitrogens is 3. The van der Waals surface area contributed by atoms with Crippen molar-refractivity contribution in [2.45, 2.75) is 13.5 Å². The zero-order chi connectivity index (χ0) is 12.4. The van der Waals surface area contributed by atoms with Gasteiger partial charge in [-0.2, -0.15) is 5.10 Å². The third-order valence-electron chi connectivity index (χ3n) is 2.59. The van der Waals surface area contributed by atoms with Crippen LogP contribution in [0.15, 0.2) is 22.9 Å². The molecule has 0 aromatic carbocycles. The number of pyridine rings is 1. The van der Waals surface area contributed by atoms with Crippen LogP contribution in [0, 0.1) is 12.7 Å². The van der Waals surface area contributed by atoms with E-state index in [4.69, 9.17) is 0 Å². The molecule has 0 unspecified atom stereocenters. The summed E-state index contributed by atoms with van der Waals surface area (Å²) < 4.78 is 15.9. The minimum Gasteiger partial charge on any atom is -0.363 e. The van der Waals surface area contributed by atoms with Gasteiger partial charge in [0.2, 0.25) is 0 Å². The first-order chi connectivity index (χ1) is 8.08. The summed E-state index contributed by atoms with van der Waals surface area (Å²) in [5, 5.41) is 7.07. The summed E-state index contributed by atoms with van der Waals surface area (Å²) in [7, 11) is 1.87. The zero-order valence-corrected chi connectivity index (χ0v) is 11.1. The van der Waals surface area contributed by atoms with E-state index in [-0.39, 0.29) is 11.6 Å². The summed E-state index contributed by atoms with van der Waals surface area (Å²) in [6.45, 7) is 2.47. The van der Waals surface area contributed by atoms with E-state index in [9.17, 15) is 4.39 Å². The highest BCUT2D eigenvalue weighted by Crippen LogP contribution is 2.17. The van der Waals surface area contributed by atoms with Crippen molar-refractivity contribution in [2.24, 2.45) is 7.05 Å². The van der Waals surface area contributed by atoms with Crippen molar-refractivity contribution in [1.29, 1.82) is 0 Å². The Labute approximate surface area is 107 Å². The van der Waals surface area contributed by atoms with Crippen molar-refractivity contribution < 1.29 is 4.39 Å². The number of hydrogen-bond donors (Lipinski definition) is 1. The van der Waals surface area contributed by atoms with Crippen molar-refractivity contribution in [3.05, 3.63) is 40.0 Å². The van der Waals surface area contributed by atoms with Gasteiger partial charge in [-0.05, 0) is 28.9 Å². The van der Waals surface area contributed by atoms with Crippen molar-refractivity contribution in [3.63, 3.8) is 0 Å². The fourth-order valence-corrected chi connectivity index (χ4v) is 1.74. The lowest BCUT2D eigenvalue weighted by Gasteiger charge is -2.06. The number of rotatable bonds is 3. The average Bonchev–Trinajstić information content (AvgIpc) is 2.59. The minimum atomic E-state index is -0.374. The van der Waals surface area contributed by atoms with Crippen LogP contribution in [-0.4, -0.2) is 14.8 Å². The highest BCUT2D eigenvalue weighted by atomic mass is 79.9. The van der Waals surface area contributed by atoms with E-state index in [1.54, 1.807) is 17.1 Å². The molecule has 2 heterocycles. The fourth-order valence-electron chi connectivity index (χ4n) is 1.44. The summed E-state index contributed by atoms with van der Waals surface area (Å²) in [5.74, 6) is -0.127. The quantitative estimate of drug-likeness (QED) is 0.947. The number of anilines is 1. The molecule has 0 aliphatic heterocycles. The van der Waals surface area contributed by atoms with E-state index in [1.165, 1.54) is 6.07 Å². The Hall–Kier alpha value is -1.43. The average molecular weight is 299 g/mol. The second-order valence-electron chi connectivity index (χ2n) is 3.72. The normalized spacial score (nSPS) is 10.6. The molecule has 17 heavy (non-hydrogen) atoms. The highest BCUT2D eigenvalue weighted by Gasteiger charge is 2.07. The molecule has 0 amide bonds. The van der Waals surface area contributed by atoms with Crippen molar-refractivity contribution in [2.75, 3.05) is 5.32 Å². The van der Waals surface area contributed by atoms with Gasteiger partial charge in [0.05, 0.1) is 6.20 Å². The van der Waals surface area contributed by atoms with Crippen LogP contribution in [0.3, 0.4) is 0 Å². The van der Waals surface area contributed by atoms with E-state index in [1.807, 2.05) is 14.0 Å². The zero-order valence-electron chi connectivity index (χ0n) is 9.54. The van der Waals surface area contributed by atoms with E-state index in [0.29, 0.717) is 11.0 Å². The molecule has 0 aliphatic rings. The van der Waals surface area contributed by atoms with Gasteiger partial charge in [-0.25, -0.2) is 9.37 Å². The molecule has 2 rings (SSSR count). The first-order valence-electron chi connectivity index (χ1n) is 5.10. The lowest BCUT2D eigenvalue weighted by molar-refractivity contribution is 0.623. The third-order valence-corrected chi connectivity index (χ3v) is 3.02. The van der Waals surface area contributed by atoms with Crippen LogP contribution in [-0.2, 0) is 13.6 Å². The summed E-state index contributed by atoms with van der Waals surface area (Å²) in [6.07, 6.45) is 3.32. The van der Waals surface area contributed by atoms with Gasteiger partial charge in [0.1, 0.15) is 0 Å².